The van der Waals surface area contributed by atoms with Crippen molar-refractivity contribution in [3.8, 4) is 0 Å². The molecule has 1 aliphatic heterocycles. The Bertz CT molecular complexity index is 908. The molecule has 1 atom stereocenters. The molecular formula is C15H16BrN3O4S. The maximum absolute atomic E-state index is 12.4. The summed E-state index contributed by atoms with van der Waals surface area (Å²) in [5.41, 5.74) is -0.0426. The number of amides is 1. The summed E-state index contributed by atoms with van der Waals surface area (Å²) < 4.78 is 7.19. The SMILES string of the molecule is COCCNC(=O)CC1CSc2cc(Br)cc3[nH]c(=O)c(=O)n1c23. The number of hydrogen-bond donors (Lipinski definition) is 2. The van der Waals surface area contributed by atoms with Crippen LogP contribution in [-0.4, -0.2) is 41.5 Å². The Labute approximate surface area is 149 Å². The number of thioether (sulfide) groups is 1. The lowest BCUT2D eigenvalue weighted by molar-refractivity contribution is -0.121. The highest BCUT2D eigenvalue weighted by Gasteiger charge is 2.26. The van der Waals surface area contributed by atoms with Crippen LogP contribution in [0.4, 0.5) is 0 Å². The quantitative estimate of drug-likeness (QED) is 0.568. The fourth-order valence-corrected chi connectivity index (χ4v) is 4.56. The van der Waals surface area contributed by atoms with E-state index >= 15 is 0 Å². The lowest BCUT2D eigenvalue weighted by atomic mass is 10.2. The van der Waals surface area contributed by atoms with E-state index in [1.807, 2.05) is 6.07 Å². The molecule has 1 aromatic heterocycles. The molecule has 0 spiro atoms. The number of benzene rings is 1. The van der Waals surface area contributed by atoms with Crippen LogP contribution in [0.5, 0.6) is 0 Å². The zero-order valence-corrected chi connectivity index (χ0v) is 15.3. The molecule has 0 bridgehead atoms. The fourth-order valence-electron chi connectivity index (χ4n) is 2.75. The van der Waals surface area contributed by atoms with Crippen molar-refractivity contribution in [2.75, 3.05) is 26.0 Å². The van der Waals surface area contributed by atoms with Gasteiger partial charge in [-0.25, -0.2) is 0 Å². The minimum absolute atomic E-state index is 0.144. The van der Waals surface area contributed by atoms with Gasteiger partial charge in [-0.2, -0.15) is 0 Å². The molecule has 0 aliphatic carbocycles. The van der Waals surface area contributed by atoms with Gasteiger partial charge in [-0.15, -0.1) is 11.8 Å². The largest absolute Gasteiger partial charge is 0.383 e. The first-order valence-electron chi connectivity index (χ1n) is 7.37. The first kappa shape index (κ1) is 17.2. The van der Waals surface area contributed by atoms with E-state index in [2.05, 4.69) is 26.2 Å². The van der Waals surface area contributed by atoms with Gasteiger partial charge in [0.05, 0.1) is 23.7 Å². The second-order valence-electron chi connectivity index (χ2n) is 5.44. The lowest BCUT2D eigenvalue weighted by Gasteiger charge is -2.26. The summed E-state index contributed by atoms with van der Waals surface area (Å²) in [6.07, 6.45) is 0.144. The number of halogens is 1. The van der Waals surface area contributed by atoms with Crippen molar-refractivity contribution < 1.29 is 9.53 Å². The van der Waals surface area contributed by atoms with Crippen molar-refractivity contribution in [2.24, 2.45) is 0 Å². The number of ether oxygens (including phenoxy) is 1. The third-order valence-corrected chi connectivity index (χ3v) is 5.42. The molecule has 1 aromatic carbocycles. The molecule has 24 heavy (non-hydrogen) atoms. The minimum atomic E-state index is -0.678. The van der Waals surface area contributed by atoms with Gasteiger partial charge in [0.15, 0.2) is 0 Å². The van der Waals surface area contributed by atoms with Gasteiger partial charge in [0.2, 0.25) is 5.91 Å². The molecule has 128 valence electrons. The van der Waals surface area contributed by atoms with Gasteiger partial charge in [-0.1, -0.05) is 15.9 Å². The Hall–Kier alpha value is -1.58. The molecule has 0 saturated carbocycles. The average molecular weight is 414 g/mol. The molecule has 9 heteroatoms. The Morgan fingerprint density at radius 2 is 2.29 bits per heavy atom. The summed E-state index contributed by atoms with van der Waals surface area (Å²) >= 11 is 4.98. The van der Waals surface area contributed by atoms with Gasteiger partial charge in [-0.3, -0.25) is 19.0 Å². The molecular weight excluding hydrogens is 398 g/mol. The maximum Gasteiger partial charge on any atom is 0.317 e. The Balaban J connectivity index is 2.00. The van der Waals surface area contributed by atoms with Crippen LogP contribution in [0, 0.1) is 0 Å². The van der Waals surface area contributed by atoms with Crippen molar-refractivity contribution in [3.63, 3.8) is 0 Å². The third kappa shape index (κ3) is 3.28. The van der Waals surface area contributed by atoms with E-state index in [1.54, 1.807) is 24.9 Å². The predicted molar refractivity (Wildman–Crippen MR) is 95.8 cm³/mol. The first-order chi connectivity index (χ1) is 11.5. The van der Waals surface area contributed by atoms with Crippen LogP contribution >= 0.6 is 27.7 Å². The van der Waals surface area contributed by atoms with Crippen LogP contribution in [-0.2, 0) is 9.53 Å². The molecule has 1 aliphatic rings. The summed E-state index contributed by atoms with van der Waals surface area (Å²) in [4.78, 5) is 40.0. The smallest absolute Gasteiger partial charge is 0.317 e. The van der Waals surface area contributed by atoms with Crippen molar-refractivity contribution in [1.29, 1.82) is 0 Å². The van der Waals surface area contributed by atoms with Gasteiger partial charge in [0.1, 0.15) is 0 Å². The number of carbonyl (C=O) groups excluding carboxylic acids is 1. The molecule has 7 nitrogen and oxygen atoms in total. The zero-order chi connectivity index (χ0) is 17.3. The summed E-state index contributed by atoms with van der Waals surface area (Å²) in [6, 6.07) is 3.32. The standard InChI is InChI=1S/C15H16BrN3O4S/c1-23-3-2-17-12(20)6-9-7-24-11-5-8(16)4-10-13(11)19(9)15(22)14(21)18-10/h4-5,9H,2-3,6-7H2,1H3,(H,17,20)(H,18,21). The highest BCUT2D eigenvalue weighted by Crippen LogP contribution is 2.37. The van der Waals surface area contributed by atoms with Crippen LogP contribution in [0.3, 0.4) is 0 Å². The number of aromatic nitrogens is 2. The highest BCUT2D eigenvalue weighted by atomic mass is 79.9. The number of methoxy groups -OCH3 is 1. The number of aromatic amines is 1. The van der Waals surface area contributed by atoms with Gasteiger partial charge >= 0.3 is 11.1 Å². The lowest BCUT2D eigenvalue weighted by Crippen LogP contribution is -2.42. The summed E-state index contributed by atoms with van der Waals surface area (Å²) in [6.45, 7) is 0.843. The van der Waals surface area contributed by atoms with Crippen LogP contribution in [0.2, 0.25) is 0 Å². The molecule has 0 radical (unpaired) electrons. The van der Waals surface area contributed by atoms with Crippen LogP contribution < -0.4 is 16.4 Å². The van der Waals surface area contributed by atoms with E-state index in [0.717, 1.165) is 9.37 Å². The number of nitrogens with zero attached hydrogens (tertiary/aromatic N) is 1. The normalized spacial score (nSPS) is 16.3. The predicted octanol–water partition coefficient (Wildman–Crippen LogP) is 1.25. The Morgan fingerprint density at radius 3 is 3.04 bits per heavy atom. The minimum Gasteiger partial charge on any atom is -0.383 e. The number of H-pyrrole nitrogens is 1. The van der Waals surface area contributed by atoms with Crippen molar-refractivity contribution in [2.45, 2.75) is 17.4 Å². The van der Waals surface area contributed by atoms with Crippen molar-refractivity contribution >= 4 is 44.6 Å². The number of rotatable bonds is 5. The summed E-state index contributed by atoms with van der Waals surface area (Å²) in [7, 11) is 1.56. The van der Waals surface area contributed by atoms with Crippen molar-refractivity contribution in [3.05, 3.63) is 37.3 Å². The second kappa shape index (κ2) is 7.12. The molecule has 1 unspecified atom stereocenters. The van der Waals surface area contributed by atoms with Crippen LogP contribution in [0.15, 0.2) is 31.1 Å². The van der Waals surface area contributed by atoms with Crippen molar-refractivity contribution in [1.82, 2.24) is 14.9 Å². The molecule has 0 fully saturated rings. The van der Waals surface area contributed by atoms with E-state index in [9.17, 15) is 14.4 Å². The van der Waals surface area contributed by atoms with Gasteiger partial charge < -0.3 is 15.0 Å². The van der Waals surface area contributed by atoms with E-state index in [-0.39, 0.29) is 18.4 Å². The molecule has 0 saturated heterocycles. The van der Waals surface area contributed by atoms with E-state index in [4.69, 9.17) is 4.74 Å². The molecule has 2 heterocycles. The summed E-state index contributed by atoms with van der Waals surface area (Å²) in [5.74, 6) is 0.387. The average Bonchev–Trinajstić information content (AvgIpc) is 2.53. The van der Waals surface area contributed by atoms with Gasteiger partial charge in [-0.05, 0) is 12.1 Å². The number of carbonyl (C=O) groups is 1. The topological polar surface area (TPSA) is 93.2 Å². The molecule has 3 rings (SSSR count). The second-order valence-corrected chi connectivity index (χ2v) is 7.42. The van der Waals surface area contributed by atoms with E-state index in [0.29, 0.717) is 29.9 Å². The van der Waals surface area contributed by atoms with E-state index < -0.39 is 11.1 Å². The number of nitrogens with one attached hydrogen (secondary N) is 2. The van der Waals surface area contributed by atoms with Crippen LogP contribution in [0.1, 0.15) is 12.5 Å². The molecule has 2 aromatic rings. The Morgan fingerprint density at radius 1 is 1.50 bits per heavy atom. The highest BCUT2D eigenvalue weighted by molar-refractivity contribution is 9.10. The monoisotopic (exact) mass is 413 g/mol. The zero-order valence-electron chi connectivity index (χ0n) is 12.9. The molecule has 2 N–H and O–H groups in total. The Kier molecular flexibility index (Phi) is 5.12. The first-order valence-corrected chi connectivity index (χ1v) is 9.15. The maximum atomic E-state index is 12.4. The van der Waals surface area contributed by atoms with Crippen LogP contribution in [0.25, 0.3) is 11.0 Å². The fraction of sp³-hybridized carbons (Fsp3) is 0.400. The summed E-state index contributed by atoms with van der Waals surface area (Å²) in [5, 5.41) is 2.75. The third-order valence-electron chi connectivity index (χ3n) is 3.79. The molecule has 1 amide bonds. The van der Waals surface area contributed by atoms with Gasteiger partial charge in [0, 0.05) is 35.2 Å². The van der Waals surface area contributed by atoms with E-state index in [1.165, 1.54) is 4.57 Å². The van der Waals surface area contributed by atoms with Gasteiger partial charge in [0.25, 0.3) is 0 Å². The number of hydrogen-bond acceptors (Lipinski definition) is 5.